The molecule has 18 heavy (non-hydrogen) atoms. The van der Waals surface area contributed by atoms with Crippen LogP contribution in [0.5, 0.6) is 0 Å². The van der Waals surface area contributed by atoms with Gasteiger partial charge in [0.15, 0.2) is 3.95 Å². The van der Waals surface area contributed by atoms with Crippen LogP contribution in [0.15, 0.2) is 12.1 Å². The normalized spacial score (nSPS) is 13.2. The largest absolute Gasteiger partial charge is 0.418 e. The Balaban J connectivity index is 2.92. The Morgan fingerprint density at radius 1 is 1.00 bits per heavy atom. The summed E-state index contributed by atoms with van der Waals surface area (Å²) in [7, 11) is 0. The SMILES string of the molecule is FC(F)(F)c1ccc2[nH]c(=S)sc2c1C(F)(F)F. The van der Waals surface area contributed by atoms with Gasteiger partial charge in [0.2, 0.25) is 0 Å². The molecule has 1 N–H and O–H groups in total. The van der Waals surface area contributed by atoms with Crippen LogP contribution in [0, 0.1) is 3.95 Å². The lowest BCUT2D eigenvalue weighted by molar-refractivity contribution is -0.161. The minimum atomic E-state index is -5.09. The number of nitrogens with one attached hydrogen (secondary N) is 1. The van der Waals surface area contributed by atoms with E-state index in [1.54, 1.807) is 0 Å². The van der Waals surface area contributed by atoms with E-state index in [1.165, 1.54) is 0 Å². The lowest BCUT2D eigenvalue weighted by atomic mass is 10.1. The molecule has 0 aliphatic heterocycles. The predicted octanol–water partition coefficient (Wildman–Crippen LogP) is 5.00. The van der Waals surface area contributed by atoms with Crippen molar-refractivity contribution in [1.82, 2.24) is 4.98 Å². The zero-order chi connectivity index (χ0) is 13.7. The topological polar surface area (TPSA) is 15.8 Å². The quantitative estimate of drug-likeness (QED) is 0.535. The molecule has 1 heterocycles. The molecule has 0 amide bonds. The van der Waals surface area contributed by atoms with Crippen LogP contribution in [-0.4, -0.2) is 4.98 Å². The molecule has 0 aliphatic rings. The molecule has 1 aromatic heterocycles. The summed E-state index contributed by atoms with van der Waals surface area (Å²) in [6.07, 6.45) is -10.2. The summed E-state index contributed by atoms with van der Waals surface area (Å²) in [6.45, 7) is 0. The van der Waals surface area contributed by atoms with Gasteiger partial charge in [-0.1, -0.05) is 0 Å². The number of aromatic nitrogens is 1. The molecular weight excluding hydrogens is 300 g/mol. The zero-order valence-electron chi connectivity index (χ0n) is 8.24. The molecule has 1 nitrogen and oxygen atoms in total. The van der Waals surface area contributed by atoms with Crippen LogP contribution in [-0.2, 0) is 12.4 Å². The fourth-order valence-corrected chi connectivity index (χ4v) is 2.80. The average Bonchev–Trinajstić information content (AvgIpc) is 2.52. The van der Waals surface area contributed by atoms with Gasteiger partial charge in [-0.3, -0.25) is 0 Å². The van der Waals surface area contributed by atoms with Gasteiger partial charge in [-0.05, 0) is 24.4 Å². The fraction of sp³-hybridized carbons (Fsp3) is 0.222. The Morgan fingerprint density at radius 3 is 2.11 bits per heavy atom. The van der Waals surface area contributed by atoms with Gasteiger partial charge < -0.3 is 4.98 Å². The van der Waals surface area contributed by atoms with E-state index in [1.807, 2.05) is 0 Å². The van der Waals surface area contributed by atoms with E-state index in [-0.39, 0.29) is 9.47 Å². The van der Waals surface area contributed by atoms with Gasteiger partial charge in [0, 0.05) is 0 Å². The molecule has 0 fully saturated rings. The van der Waals surface area contributed by atoms with Crippen LogP contribution in [0.1, 0.15) is 11.1 Å². The van der Waals surface area contributed by atoms with E-state index in [2.05, 4.69) is 17.2 Å². The second-order valence-electron chi connectivity index (χ2n) is 3.37. The summed E-state index contributed by atoms with van der Waals surface area (Å²) in [6, 6.07) is 1.35. The van der Waals surface area contributed by atoms with Crippen LogP contribution in [0.2, 0.25) is 0 Å². The van der Waals surface area contributed by atoms with Crippen LogP contribution < -0.4 is 0 Å². The summed E-state index contributed by atoms with van der Waals surface area (Å²) in [5.41, 5.74) is -3.44. The number of rotatable bonds is 0. The van der Waals surface area contributed by atoms with Crippen LogP contribution in [0.25, 0.3) is 10.2 Å². The molecule has 0 bridgehead atoms. The van der Waals surface area contributed by atoms with Crippen molar-refractivity contribution >= 4 is 33.8 Å². The number of H-pyrrole nitrogens is 1. The maximum absolute atomic E-state index is 12.8. The van der Waals surface area contributed by atoms with E-state index in [0.717, 1.165) is 6.07 Å². The molecule has 0 atom stereocenters. The molecule has 0 spiro atoms. The van der Waals surface area contributed by atoms with Crippen molar-refractivity contribution in [3.63, 3.8) is 0 Å². The summed E-state index contributed by atoms with van der Waals surface area (Å²) in [5.74, 6) is 0. The summed E-state index contributed by atoms with van der Waals surface area (Å²) >= 11 is 5.12. The number of alkyl halides is 6. The van der Waals surface area contributed by atoms with Gasteiger partial charge in [-0.15, -0.1) is 11.3 Å². The zero-order valence-corrected chi connectivity index (χ0v) is 9.87. The summed E-state index contributed by atoms with van der Waals surface area (Å²) in [4.78, 5) is 2.42. The molecule has 2 aromatic rings. The van der Waals surface area contributed by atoms with Gasteiger partial charge >= 0.3 is 12.4 Å². The van der Waals surface area contributed by atoms with E-state index >= 15 is 0 Å². The third-order valence-corrected chi connectivity index (χ3v) is 3.45. The molecule has 2 rings (SSSR count). The van der Waals surface area contributed by atoms with Crippen LogP contribution >= 0.6 is 23.6 Å². The van der Waals surface area contributed by atoms with Crippen molar-refractivity contribution < 1.29 is 26.3 Å². The lowest BCUT2D eigenvalue weighted by Crippen LogP contribution is -2.16. The molecule has 9 heteroatoms. The number of aromatic amines is 1. The second kappa shape index (κ2) is 3.95. The van der Waals surface area contributed by atoms with Gasteiger partial charge in [0.05, 0.1) is 21.3 Å². The first-order valence-corrected chi connectivity index (χ1v) is 5.63. The maximum atomic E-state index is 12.8. The lowest BCUT2D eigenvalue weighted by Gasteiger charge is -2.15. The molecule has 0 unspecified atom stereocenters. The van der Waals surface area contributed by atoms with Gasteiger partial charge in [0.25, 0.3) is 0 Å². The van der Waals surface area contributed by atoms with Crippen molar-refractivity contribution in [2.45, 2.75) is 12.4 Å². The first-order valence-electron chi connectivity index (χ1n) is 4.41. The highest BCUT2D eigenvalue weighted by atomic mass is 32.1. The van der Waals surface area contributed by atoms with Crippen LogP contribution in [0.3, 0.4) is 0 Å². The smallest absolute Gasteiger partial charge is 0.337 e. The number of halogens is 6. The summed E-state index contributed by atoms with van der Waals surface area (Å²) in [5, 5.41) is 0. The minimum absolute atomic E-state index is 0.00479. The van der Waals surface area contributed by atoms with E-state index in [9.17, 15) is 26.3 Å². The van der Waals surface area contributed by atoms with Gasteiger partial charge in [-0.2, -0.15) is 26.3 Å². The van der Waals surface area contributed by atoms with Crippen molar-refractivity contribution in [3.05, 3.63) is 27.2 Å². The monoisotopic (exact) mass is 303 g/mol. The molecule has 0 aliphatic carbocycles. The van der Waals surface area contributed by atoms with E-state index in [0.29, 0.717) is 17.4 Å². The molecule has 0 saturated heterocycles. The Kier molecular flexibility index (Phi) is 2.93. The predicted molar refractivity (Wildman–Crippen MR) is 57.0 cm³/mol. The Hall–Kier alpha value is -1.09. The van der Waals surface area contributed by atoms with Crippen LogP contribution in [0.4, 0.5) is 26.3 Å². The highest BCUT2D eigenvalue weighted by Crippen LogP contribution is 2.44. The highest BCUT2D eigenvalue weighted by Gasteiger charge is 2.44. The van der Waals surface area contributed by atoms with Gasteiger partial charge in [0.1, 0.15) is 0 Å². The summed E-state index contributed by atoms with van der Waals surface area (Å²) < 4.78 is 75.5. The Labute approximate surface area is 105 Å². The van der Waals surface area contributed by atoms with E-state index < -0.39 is 28.2 Å². The third kappa shape index (κ3) is 2.24. The van der Waals surface area contributed by atoms with Crippen molar-refractivity contribution in [1.29, 1.82) is 0 Å². The van der Waals surface area contributed by atoms with Crippen molar-refractivity contribution in [2.75, 3.05) is 0 Å². The molecular formula is C9H3F6NS2. The standard InChI is InChI=1S/C9H3F6NS2/c10-8(11,12)3-1-2-4-6(18-7(17)16-4)5(3)9(13,14)15/h1-2H,(H,16,17). The molecule has 0 saturated carbocycles. The first-order chi connectivity index (χ1) is 8.10. The number of benzene rings is 1. The maximum Gasteiger partial charge on any atom is 0.418 e. The fourth-order valence-electron chi connectivity index (χ4n) is 1.53. The number of thiazole rings is 1. The van der Waals surface area contributed by atoms with Crippen molar-refractivity contribution in [2.24, 2.45) is 0 Å². The molecule has 0 radical (unpaired) electrons. The van der Waals surface area contributed by atoms with Crippen molar-refractivity contribution in [3.8, 4) is 0 Å². The number of fused-ring (bicyclic) bond motifs is 1. The highest BCUT2D eigenvalue weighted by molar-refractivity contribution is 7.73. The first kappa shape index (κ1) is 13.3. The Bertz CT molecular complexity index is 648. The number of hydrogen-bond acceptors (Lipinski definition) is 2. The average molecular weight is 303 g/mol. The Morgan fingerprint density at radius 2 is 1.61 bits per heavy atom. The molecule has 1 aromatic carbocycles. The third-order valence-electron chi connectivity index (χ3n) is 2.18. The number of hydrogen-bond donors (Lipinski definition) is 1. The van der Waals surface area contributed by atoms with E-state index in [4.69, 9.17) is 0 Å². The van der Waals surface area contributed by atoms with Gasteiger partial charge in [-0.25, -0.2) is 0 Å². The molecule has 98 valence electrons. The minimum Gasteiger partial charge on any atom is -0.337 e. The second-order valence-corrected chi connectivity index (χ2v) is 5.06.